The molecule has 8 heteroatoms. The molecule has 2 heterocycles. The van der Waals surface area contributed by atoms with Crippen LogP contribution in [0.25, 0.3) is 10.9 Å². The molecule has 0 atom stereocenters. The fraction of sp³-hybridized carbons (Fsp3) is 0.120. The Morgan fingerprint density at radius 2 is 2.00 bits per heavy atom. The number of hydrogen-bond acceptors (Lipinski definition) is 3. The van der Waals surface area contributed by atoms with E-state index in [4.69, 9.17) is 16.3 Å². The van der Waals surface area contributed by atoms with Crippen molar-refractivity contribution >= 4 is 45.7 Å². The summed E-state index contributed by atoms with van der Waals surface area (Å²) in [6, 6.07) is 17.2. The van der Waals surface area contributed by atoms with E-state index in [1.807, 2.05) is 30.5 Å². The lowest BCUT2D eigenvalue weighted by atomic mass is 10.1. The number of carbonyl (C=O) groups is 2. The third-order valence-electron chi connectivity index (χ3n) is 5.59. The van der Waals surface area contributed by atoms with E-state index >= 15 is 0 Å². The number of H-pyrrole nitrogens is 1. The van der Waals surface area contributed by atoms with Crippen LogP contribution in [0.2, 0.25) is 5.02 Å². The Morgan fingerprint density at radius 1 is 1.15 bits per heavy atom. The zero-order chi connectivity index (χ0) is 22.9. The molecule has 0 saturated carbocycles. The number of rotatable bonds is 5. The Labute approximate surface area is 193 Å². The highest BCUT2D eigenvalue weighted by atomic mass is 35.5. The quantitative estimate of drug-likeness (QED) is 0.434. The van der Waals surface area contributed by atoms with Crippen LogP contribution < -0.4 is 15.0 Å². The van der Waals surface area contributed by atoms with E-state index in [9.17, 15) is 14.0 Å². The number of nitrogens with one attached hydrogen (secondary N) is 2. The molecule has 0 radical (unpaired) electrons. The highest BCUT2D eigenvalue weighted by Crippen LogP contribution is 2.36. The Kier molecular flexibility index (Phi) is 5.48. The third-order valence-corrected chi connectivity index (χ3v) is 5.94. The summed E-state index contributed by atoms with van der Waals surface area (Å²) in [5.41, 5.74) is 3.01. The average molecular weight is 464 g/mol. The molecule has 6 nitrogen and oxygen atoms in total. The zero-order valence-corrected chi connectivity index (χ0v) is 18.2. The van der Waals surface area contributed by atoms with E-state index in [2.05, 4.69) is 10.3 Å². The molecule has 166 valence electrons. The first-order valence-electron chi connectivity index (χ1n) is 10.3. The maximum absolute atomic E-state index is 14.3. The number of aromatic nitrogens is 1. The maximum atomic E-state index is 14.3. The number of amides is 2. The number of benzene rings is 3. The van der Waals surface area contributed by atoms with Crippen molar-refractivity contribution in [1.82, 2.24) is 4.98 Å². The summed E-state index contributed by atoms with van der Waals surface area (Å²) < 4.78 is 19.9. The van der Waals surface area contributed by atoms with Crippen molar-refractivity contribution in [2.45, 2.75) is 13.0 Å². The molecule has 5 rings (SSSR count). The molecular weight excluding hydrogens is 445 g/mol. The average Bonchev–Trinajstić information content (AvgIpc) is 3.20. The zero-order valence-electron chi connectivity index (χ0n) is 17.4. The van der Waals surface area contributed by atoms with Crippen LogP contribution in [0.3, 0.4) is 0 Å². The van der Waals surface area contributed by atoms with Crippen LogP contribution in [-0.4, -0.2) is 23.4 Å². The number of ether oxygens (including phenoxy) is 1. The molecule has 1 aliphatic rings. The van der Waals surface area contributed by atoms with Gasteiger partial charge in [0.1, 0.15) is 11.6 Å². The van der Waals surface area contributed by atoms with E-state index < -0.39 is 5.82 Å². The van der Waals surface area contributed by atoms with Gasteiger partial charge >= 0.3 is 0 Å². The number of hydrogen-bond donors (Lipinski definition) is 2. The van der Waals surface area contributed by atoms with Crippen LogP contribution in [-0.2, 0) is 22.6 Å². The molecule has 0 bridgehead atoms. The van der Waals surface area contributed by atoms with Crippen molar-refractivity contribution in [2.24, 2.45) is 0 Å². The molecule has 3 aromatic carbocycles. The van der Waals surface area contributed by atoms with Crippen LogP contribution in [0, 0.1) is 5.82 Å². The van der Waals surface area contributed by atoms with Gasteiger partial charge in [0.2, 0.25) is 5.91 Å². The predicted octanol–water partition coefficient (Wildman–Crippen LogP) is 5.07. The second-order valence-electron chi connectivity index (χ2n) is 7.74. The highest BCUT2D eigenvalue weighted by Gasteiger charge is 2.27. The van der Waals surface area contributed by atoms with E-state index in [0.29, 0.717) is 17.1 Å². The van der Waals surface area contributed by atoms with Crippen molar-refractivity contribution < 1.29 is 18.7 Å². The Morgan fingerprint density at radius 3 is 2.85 bits per heavy atom. The molecule has 1 aromatic heterocycles. The molecule has 0 saturated heterocycles. The van der Waals surface area contributed by atoms with Gasteiger partial charge in [0.25, 0.3) is 5.91 Å². The van der Waals surface area contributed by atoms with E-state index in [1.54, 1.807) is 24.3 Å². The summed E-state index contributed by atoms with van der Waals surface area (Å²) in [4.78, 5) is 29.9. The van der Waals surface area contributed by atoms with Crippen LogP contribution in [0.15, 0.2) is 66.9 Å². The molecule has 2 N–H and O–H groups in total. The van der Waals surface area contributed by atoms with Crippen molar-refractivity contribution in [3.8, 4) is 5.75 Å². The van der Waals surface area contributed by atoms with E-state index in [0.717, 1.165) is 16.5 Å². The molecule has 33 heavy (non-hydrogen) atoms. The first-order valence-corrected chi connectivity index (χ1v) is 10.7. The predicted molar refractivity (Wildman–Crippen MR) is 125 cm³/mol. The van der Waals surface area contributed by atoms with Gasteiger partial charge in [-0.1, -0.05) is 35.9 Å². The Bertz CT molecular complexity index is 1360. The van der Waals surface area contributed by atoms with E-state index in [-0.39, 0.29) is 42.0 Å². The molecular formula is C25H19ClFN3O3. The lowest BCUT2D eigenvalue weighted by molar-refractivity contribution is -0.121. The summed E-state index contributed by atoms with van der Waals surface area (Å²) in [6.45, 7) is -0.210. The molecule has 0 fully saturated rings. The van der Waals surface area contributed by atoms with Gasteiger partial charge in [-0.05, 0) is 42.0 Å². The van der Waals surface area contributed by atoms with Crippen molar-refractivity contribution in [3.63, 3.8) is 0 Å². The largest absolute Gasteiger partial charge is 0.482 e. The van der Waals surface area contributed by atoms with Crippen LogP contribution in [0.1, 0.15) is 11.1 Å². The Balaban J connectivity index is 1.38. The number of halogens is 2. The fourth-order valence-corrected chi connectivity index (χ4v) is 4.17. The van der Waals surface area contributed by atoms with Gasteiger partial charge in [-0.2, -0.15) is 0 Å². The minimum Gasteiger partial charge on any atom is -0.482 e. The van der Waals surface area contributed by atoms with Crippen LogP contribution in [0.4, 0.5) is 15.8 Å². The smallest absolute Gasteiger partial charge is 0.265 e. The van der Waals surface area contributed by atoms with Gasteiger partial charge in [-0.3, -0.25) is 9.59 Å². The Hall–Kier alpha value is -3.84. The van der Waals surface area contributed by atoms with Gasteiger partial charge in [0.05, 0.1) is 18.7 Å². The molecule has 0 aliphatic carbocycles. The molecule has 1 aliphatic heterocycles. The molecule has 0 spiro atoms. The van der Waals surface area contributed by atoms with Crippen LogP contribution >= 0.6 is 11.6 Å². The van der Waals surface area contributed by atoms with Crippen molar-refractivity contribution in [2.75, 3.05) is 16.8 Å². The topological polar surface area (TPSA) is 74.4 Å². The van der Waals surface area contributed by atoms with Gasteiger partial charge in [0.15, 0.2) is 6.61 Å². The fourth-order valence-electron chi connectivity index (χ4n) is 3.95. The monoisotopic (exact) mass is 463 g/mol. The van der Waals surface area contributed by atoms with Crippen molar-refractivity contribution in [3.05, 3.63) is 88.8 Å². The number of aromatic amines is 1. The number of para-hydroxylation sites is 1. The SMILES string of the molecule is O=C(Cc1c[nH]c2ccccc12)Nc1ccc2c(c1)N(Cc1c(F)cccc1Cl)C(=O)CO2. The third kappa shape index (κ3) is 4.15. The number of fused-ring (bicyclic) bond motifs is 2. The molecule has 0 unspecified atom stereocenters. The maximum Gasteiger partial charge on any atom is 0.265 e. The van der Waals surface area contributed by atoms with Crippen molar-refractivity contribution in [1.29, 1.82) is 0 Å². The second kappa shape index (κ2) is 8.60. The summed E-state index contributed by atoms with van der Waals surface area (Å²) in [7, 11) is 0. The minimum absolute atomic E-state index is 0.0482. The highest BCUT2D eigenvalue weighted by molar-refractivity contribution is 6.31. The van der Waals surface area contributed by atoms with Gasteiger partial charge in [-0.25, -0.2) is 4.39 Å². The summed E-state index contributed by atoms with van der Waals surface area (Å²) in [5, 5.41) is 4.10. The normalized spacial score (nSPS) is 13.0. The number of carbonyl (C=O) groups excluding carboxylic acids is 2. The molecule has 2 amide bonds. The summed E-state index contributed by atoms with van der Waals surface area (Å²) in [6.07, 6.45) is 2.01. The first kappa shape index (κ1) is 21.0. The summed E-state index contributed by atoms with van der Waals surface area (Å²) >= 11 is 6.16. The summed E-state index contributed by atoms with van der Waals surface area (Å²) in [5.74, 6) is -0.557. The second-order valence-corrected chi connectivity index (χ2v) is 8.14. The standard InChI is InChI=1S/C25H19ClFN3O3/c26-19-5-3-6-20(27)18(19)13-30-22-11-16(8-9-23(22)33-14-25(30)32)29-24(31)10-15-12-28-21-7-2-1-4-17(15)21/h1-9,11-12,28H,10,13-14H2,(H,29,31). The van der Waals surface area contributed by atoms with E-state index in [1.165, 1.54) is 17.0 Å². The van der Waals surface area contributed by atoms with Gasteiger partial charge in [-0.15, -0.1) is 0 Å². The van der Waals surface area contributed by atoms with Crippen LogP contribution in [0.5, 0.6) is 5.75 Å². The van der Waals surface area contributed by atoms with Gasteiger partial charge < -0.3 is 19.9 Å². The number of nitrogens with zero attached hydrogens (tertiary/aromatic N) is 1. The lowest BCUT2D eigenvalue weighted by Gasteiger charge is -2.30. The molecule has 4 aromatic rings. The number of anilines is 2. The first-order chi connectivity index (χ1) is 16.0. The lowest BCUT2D eigenvalue weighted by Crippen LogP contribution is -2.38. The van der Waals surface area contributed by atoms with Gasteiger partial charge in [0, 0.05) is 33.4 Å². The minimum atomic E-state index is -0.494.